The van der Waals surface area contributed by atoms with Gasteiger partial charge in [-0.05, 0) is 56.8 Å². The largest absolute Gasteiger partial charge is 0.352 e. The van der Waals surface area contributed by atoms with E-state index in [-0.39, 0.29) is 30.4 Å². The summed E-state index contributed by atoms with van der Waals surface area (Å²) in [5.74, 6) is 0.160. The second-order valence-corrected chi connectivity index (χ2v) is 6.49. The Bertz CT molecular complexity index is 432. The Kier molecular flexibility index (Phi) is 8.30. The summed E-state index contributed by atoms with van der Waals surface area (Å²) in [4.78, 5) is 12.1. The molecule has 2 unspecified atom stereocenters. The number of nitrogens with one attached hydrogen (secondary N) is 2. The molecule has 0 saturated carbocycles. The van der Waals surface area contributed by atoms with Crippen molar-refractivity contribution >= 4 is 34.2 Å². The Morgan fingerprint density at radius 1 is 1.38 bits per heavy atom. The van der Waals surface area contributed by atoms with Gasteiger partial charge in [0.25, 0.3) is 0 Å². The van der Waals surface area contributed by atoms with Gasteiger partial charge in [-0.2, -0.15) is 0 Å². The lowest BCUT2D eigenvalue weighted by molar-refractivity contribution is -0.124. The van der Waals surface area contributed by atoms with Gasteiger partial charge in [-0.1, -0.05) is 34.5 Å². The van der Waals surface area contributed by atoms with Crippen LogP contribution in [0.3, 0.4) is 0 Å². The van der Waals surface area contributed by atoms with Crippen LogP contribution in [0.4, 0.5) is 0 Å². The summed E-state index contributed by atoms with van der Waals surface area (Å²) >= 11 is 3.44. The maximum absolute atomic E-state index is 12.1. The average Bonchev–Trinajstić information content (AvgIpc) is 2.47. The number of aryl methyl sites for hydroxylation is 1. The quantitative estimate of drug-likeness (QED) is 0.827. The van der Waals surface area contributed by atoms with Crippen molar-refractivity contribution in [3.05, 3.63) is 34.3 Å². The molecule has 0 bridgehead atoms. The zero-order valence-electron chi connectivity index (χ0n) is 12.4. The molecule has 5 heteroatoms. The van der Waals surface area contributed by atoms with E-state index in [9.17, 15) is 4.79 Å². The van der Waals surface area contributed by atoms with Gasteiger partial charge >= 0.3 is 0 Å². The van der Waals surface area contributed by atoms with Crippen molar-refractivity contribution in [2.75, 3.05) is 6.54 Å². The fourth-order valence-corrected chi connectivity index (χ4v) is 2.79. The molecule has 21 heavy (non-hydrogen) atoms. The first-order chi connectivity index (χ1) is 9.65. The normalized spacial score (nSPS) is 19.4. The Morgan fingerprint density at radius 2 is 2.10 bits per heavy atom. The van der Waals surface area contributed by atoms with E-state index in [1.54, 1.807) is 0 Å². The van der Waals surface area contributed by atoms with E-state index in [1.807, 2.05) is 0 Å². The van der Waals surface area contributed by atoms with Crippen LogP contribution >= 0.6 is 28.3 Å². The van der Waals surface area contributed by atoms with Crippen LogP contribution in [-0.4, -0.2) is 24.5 Å². The lowest BCUT2D eigenvalue weighted by Crippen LogP contribution is -2.49. The van der Waals surface area contributed by atoms with E-state index < -0.39 is 0 Å². The Balaban J connectivity index is 0.00000220. The topological polar surface area (TPSA) is 41.1 Å². The number of hydrogen-bond donors (Lipinski definition) is 2. The fraction of sp³-hybridized carbons (Fsp3) is 0.562. The van der Waals surface area contributed by atoms with E-state index in [2.05, 4.69) is 57.8 Å². The lowest BCUT2D eigenvalue weighted by atomic mass is 10.0. The van der Waals surface area contributed by atoms with Gasteiger partial charge in [0.15, 0.2) is 0 Å². The first-order valence-electron chi connectivity index (χ1n) is 7.43. The molecule has 1 amide bonds. The summed E-state index contributed by atoms with van der Waals surface area (Å²) in [5.41, 5.74) is 1.31. The maximum Gasteiger partial charge on any atom is 0.237 e. The third-order valence-corrected chi connectivity index (χ3v) is 4.32. The van der Waals surface area contributed by atoms with Crippen molar-refractivity contribution in [3.8, 4) is 0 Å². The number of rotatable bonds is 5. The molecule has 2 atom stereocenters. The van der Waals surface area contributed by atoms with Crippen LogP contribution in [0.1, 0.15) is 38.2 Å². The molecule has 0 radical (unpaired) electrons. The molecule has 1 fully saturated rings. The molecular weight excluding hydrogens is 352 g/mol. The van der Waals surface area contributed by atoms with E-state index in [0.29, 0.717) is 0 Å². The highest BCUT2D eigenvalue weighted by atomic mass is 79.9. The number of carbonyl (C=O) groups is 1. The minimum absolute atomic E-state index is 0. The van der Waals surface area contributed by atoms with Crippen LogP contribution in [-0.2, 0) is 11.2 Å². The fourth-order valence-electron chi connectivity index (χ4n) is 2.53. The van der Waals surface area contributed by atoms with Crippen molar-refractivity contribution in [2.24, 2.45) is 0 Å². The maximum atomic E-state index is 12.1. The standard InChI is InChI=1S/C16H23BrN2O.ClH/c1-12(5-6-13-7-9-14(17)10-8-13)19-16(20)15-4-2-3-11-18-15;/h7-10,12,15,18H,2-6,11H2,1H3,(H,19,20);1H. The van der Waals surface area contributed by atoms with Crippen molar-refractivity contribution in [2.45, 2.75) is 51.1 Å². The van der Waals surface area contributed by atoms with Gasteiger partial charge in [0.2, 0.25) is 5.91 Å². The SMILES string of the molecule is CC(CCc1ccc(Br)cc1)NC(=O)C1CCCCN1.Cl. The molecule has 3 nitrogen and oxygen atoms in total. The summed E-state index contributed by atoms with van der Waals surface area (Å²) in [6.07, 6.45) is 5.26. The molecule has 1 saturated heterocycles. The summed E-state index contributed by atoms with van der Waals surface area (Å²) < 4.78 is 1.10. The summed E-state index contributed by atoms with van der Waals surface area (Å²) in [6, 6.07) is 8.60. The average molecular weight is 376 g/mol. The first-order valence-corrected chi connectivity index (χ1v) is 8.22. The highest BCUT2D eigenvalue weighted by Gasteiger charge is 2.21. The molecule has 1 aromatic rings. The molecule has 2 rings (SSSR count). The molecule has 1 aromatic carbocycles. The monoisotopic (exact) mass is 374 g/mol. The molecule has 1 aliphatic rings. The van der Waals surface area contributed by atoms with Crippen LogP contribution in [0, 0.1) is 0 Å². The molecular formula is C16H24BrClN2O. The minimum atomic E-state index is 0. The Labute approximate surface area is 141 Å². The number of benzene rings is 1. The summed E-state index contributed by atoms with van der Waals surface area (Å²) in [5, 5.41) is 6.41. The predicted molar refractivity (Wildman–Crippen MR) is 93.0 cm³/mol. The van der Waals surface area contributed by atoms with Gasteiger partial charge < -0.3 is 10.6 Å². The minimum Gasteiger partial charge on any atom is -0.352 e. The highest BCUT2D eigenvalue weighted by molar-refractivity contribution is 9.10. The highest BCUT2D eigenvalue weighted by Crippen LogP contribution is 2.13. The van der Waals surface area contributed by atoms with E-state index >= 15 is 0 Å². The lowest BCUT2D eigenvalue weighted by Gasteiger charge is -2.24. The summed E-state index contributed by atoms with van der Waals surface area (Å²) in [6.45, 7) is 3.05. The third kappa shape index (κ3) is 6.37. The number of amides is 1. The first kappa shape index (κ1) is 18.5. The molecule has 0 spiro atoms. The summed E-state index contributed by atoms with van der Waals surface area (Å²) in [7, 11) is 0. The molecule has 118 valence electrons. The number of piperidine rings is 1. The molecule has 0 aliphatic carbocycles. The van der Waals surface area contributed by atoms with Crippen LogP contribution in [0.5, 0.6) is 0 Å². The van der Waals surface area contributed by atoms with Crippen molar-refractivity contribution < 1.29 is 4.79 Å². The van der Waals surface area contributed by atoms with Crippen molar-refractivity contribution in [1.29, 1.82) is 0 Å². The van der Waals surface area contributed by atoms with Gasteiger partial charge in [0.1, 0.15) is 0 Å². The van der Waals surface area contributed by atoms with E-state index in [0.717, 1.165) is 36.7 Å². The zero-order chi connectivity index (χ0) is 14.4. The molecule has 0 aromatic heterocycles. The second kappa shape index (κ2) is 9.44. The van der Waals surface area contributed by atoms with E-state index in [1.165, 1.54) is 12.0 Å². The molecule has 2 N–H and O–H groups in total. The van der Waals surface area contributed by atoms with Crippen LogP contribution in [0.15, 0.2) is 28.7 Å². The number of halogens is 2. The van der Waals surface area contributed by atoms with E-state index in [4.69, 9.17) is 0 Å². The Hall–Kier alpha value is -0.580. The van der Waals surface area contributed by atoms with Gasteiger partial charge in [-0.3, -0.25) is 4.79 Å². The molecule has 1 heterocycles. The van der Waals surface area contributed by atoms with Crippen LogP contribution in [0.2, 0.25) is 0 Å². The zero-order valence-corrected chi connectivity index (χ0v) is 14.8. The van der Waals surface area contributed by atoms with Gasteiger partial charge in [-0.25, -0.2) is 0 Å². The number of carbonyl (C=O) groups excluding carboxylic acids is 1. The van der Waals surface area contributed by atoms with Gasteiger partial charge in [0, 0.05) is 10.5 Å². The predicted octanol–water partition coefficient (Wildman–Crippen LogP) is 3.45. The van der Waals surface area contributed by atoms with Crippen LogP contribution < -0.4 is 10.6 Å². The smallest absolute Gasteiger partial charge is 0.237 e. The van der Waals surface area contributed by atoms with Gasteiger partial charge in [-0.15, -0.1) is 12.4 Å². The van der Waals surface area contributed by atoms with Crippen molar-refractivity contribution in [1.82, 2.24) is 10.6 Å². The van der Waals surface area contributed by atoms with Crippen LogP contribution in [0.25, 0.3) is 0 Å². The second-order valence-electron chi connectivity index (χ2n) is 5.58. The Morgan fingerprint density at radius 3 is 2.71 bits per heavy atom. The third-order valence-electron chi connectivity index (χ3n) is 3.79. The van der Waals surface area contributed by atoms with Crippen molar-refractivity contribution in [3.63, 3.8) is 0 Å². The number of hydrogen-bond acceptors (Lipinski definition) is 2. The molecule has 1 aliphatic heterocycles. The van der Waals surface area contributed by atoms with Gasteiger partial charge in [0.05, 0.1) is 6.04 Å².